The van der Waals surface area contributed by atoms with Crippen molar-refractivity contribution in [2.24, 2.45) is 41.2 Å². The van der Waals surface area contributed by atoms with Gasteiger partial charge in [-0.15, -0.1) is 0 Å². The van der Waals surface area contributed by atoms with Crippen LogP contribution < -0.4 is 53.6 Å². The highest BCUT2D eigenvalue weighted by Crippen LogP contribution is 2.26. The summed E-state index contributed by atoms with van der Waals surface area (Å²) in [6.45, 7) is 6.19. The Hall–Kier alpha value is -4.32. The summed E-state index contributed by atoms with van der Waals surface area (Å²) in [5.41, 5.74) is 6.31. The van der Waals surface area contributed by atoms with E-state index in [-0.39, 0.29) is 66.1 Å². The first-order valence-corrected chi connectivity index (χ1v) is 19.7. The van der Waals surface area contributed by atoms with Crippen molar-refractivity contribution in [1.29, 1.82) is 0 Å². The lowest BCUT2D eigenvalue weighted by Gasteiger charge is -2.28. The zero-order valence-corrected chi connectivity index (χ0v) is 32.1. The molecule has 8 unspecified atom stereocenters. The Morgan fingerprint density at radius 1 is 0.745 bits per heavy atom. The van der Waals surface area contributed by atoms with Crippen molar-refractivity contribution >= 4 is 35.4 Å². The lowest BCUT2D eigenvalue weighted by molar-refractivity contribution is -0.129. The van der Waals surface area contributed by atoms with Crippen molar-refractivity contribution in [1.82, 2.24) is 47.9 Å². The number of aromatic hydroxyl groups is 1. The third kappa shape index (κ3) is 11.1. The molecular formula is C38H60N10O7. The highest BCUT2D eigenvalue weighted by molar-refractivity contribution is 5.87. The molecule has 304 valence electrons. The number of phenols is 1. The second-order valence-electron chi connectivity index (χ2n) is 15.9. The van der Waals surface area contributed by atoms with E-state index in [1.165, 1.54) is 0 Å². The molecule has 3 aliphatic heterocycles. The molecule has 55 heavy (non-hydrogen) atoms. The summed E-state index contributed by atoms with van der Waals surface area (Å²) in [6.07, 6.45) is 3.00. The lowest BCUT2D eigenvalue weighted by atomic mass is 9.94. The standard InChI is InChI=1S/C38H60N10O7/c1-20(2)29(12-33(50)45-30-17-41-14-25(30)34(39)51)46-37(54)27-16-43-19-32(27)48-38(55)26-15-42-18-31(26)47-35(52)22(11-21-7-9-23(49)10-8-21)13-44-36(53)24-5-4-6-28(24)40-3/h7-10,20,22,24-32,40-43,49H,4-6,11-19H2,1-3H3,(H2,39,51)(H,44,53)(H,45,50)(H,46,54)(H,47,52)(H,48,55)/t22-,24?,25?,26?,27?,28?,29+,30?,31?,32?/m0/s1. The molecule has 1 saturated carbocycles. The fraction of sp³-hybridized carbons (Fsp3) is 0.684. The molecule has 1 aromatic rings. The molecule has 5 rings (SSSR count). The van der Waals surface area contributed by atoms with Crippen LogP contribution in [0, 0.1) is 35.5 Å². The average Bonchev–Trinajstić information content (AvgIpc) is 3.98. The van der Waals surface area contributed by atoms with Crippen molar-refractivity contribution in [2.75, 3.05) is 52.9 Å². The van der Waals surface area contributed by atoms with Gasteiger partial charge < -0.3 is 58.7 Å². The Morgan fingerprint density at radius 3 is 1.96 bits per heavy atom. The predicted molar refractivity (Wildman–Crippen MR) is 204 cm³/mol. The van der Waals surface area contributed by atoms with Crippen molar-refractivity contribution in [2.45, 2.75) is 76.2 Å². The van der Waals surface area contributed by atoms with Crippen LogP contribution in [0.3, 0.4) is 0 Å². The highest BCUT2D eigenvalue weighted by Gasteiger charge is 2.41. The number of hydrogen-bond acceptors (Lipinski definition) is 11. The molecular weight excluding hydrogens is 708 g/mol. The Kier molecular flexibility index (Phi) is 14.8. The maximum Gasteiger partial charge on any atom is 0.226 e. The third-order valence-corrected chi connectivity index (χ3v) is 11.8. The molecule has 17 nitrogen and oxygen atoms in total. The largest absolute Gasteiger partial charge is 0.508 e. The number of nitrogens with one attached hydrogen (secondary N) is 9. The molecule has 1 aromatic carbocycles. The number of benzene rings is 1. The Balaban J connectivity index is 1.16. The molecule has 6 amide bonds. The second-order valence-corrected chi connectivity index (χ2v) is 15.9. The molecule has 3 heterocycles. The summed E-state index contributed by atoms with van der Waals surface area (Å²) in [6, 6.07) is 4.77. The van der Waals surface area contributed by atoms with Gasteiger partial charge in [-0.05, 0) is 49.9 Å². The number of hydrogen-bond donors (Lipinski definition) is 11. The lowest BCUT2D eigenvalue weighted by Crippen LogP contribution is -2.54. The zero-order valence-electron chi connectivity index (χ0n) is 32.1. The van der Waals surface area contributed by atoms with Gasteiger partial charge in [-0.3, -0.25) is 28.8 Å². The van der Waals surface area contributed by atoms with Gasteiger partial charge in [0.2, 0.25) is 35.4 Å². The van der Waals surface area contributed by atoms with Crippen LogP contribution in [-0.2, 0) is 35.2 Å². The minimum Gasteiger partial charge on any atom is -0.508 e. The molecule has 4 fully saturated rings. The van der Waals surface area contributed by atoms with Gasteiger partial charge in [0, 0.05) is 64.3 Å². The first kappa shape index (κ1) is 41.8. The molecule has 4 aliphatic rings. The first-order valence-electron chi connectivity index (χ1n) is 19.7. The average molecular weight is 769 g/mol. The SMILES string of the molecule is CNC1CCCC1C(=O)NC[C@H](Cc1ccc(O)cc1)C(=O)NC1CNCC1C(=O)NC1CNCC1C(=O)N[C@H](CC(=O)NC1CNCC1C(N)=O)C(C)C. The zero-order chi connectivity index (χ0) is 39.6. The molecule has 3 saturated heterocycles. The molecule has 0 bridgehead atoms. The normalized spacial score (nSPS) is 28.7. The van der Waals surface area contributed by atoms with Gasteiger partial charge in [0.15, 0.2) is 0 Å². The van der Waals surface area contributed by atoms with Crippen LogP contribution >= 0.6 is 0 Å². The number of amides is 6. The topological polar surface area (TPSA) is 257 Å². The van der Waals surface area contributed by atoms with E-state index in [0.29, 0.717) is 45.7 Å². The highest BCUT2D eigenvalue weighted by atomic mass is 16.3. The minimum absolute atomic E-state index is 0.0200. The fourth-order valence-electron chi connectivity index (χ4n) is 8.29. The van der Waals surface area contributed by atoms with E-state index >= 15 is 0 Å². The number of rotatable bonds is 17. The van der Waals surface area contributed by atoms with Gasteiger partial charge in [-0.25, -0.2) is 0 Å². The molecule has 0 radical (unpaired) electrons. The van der Waals surface area contributed by atoms with Gasteiger partial charge in [-0.1, -0.05) is 32.4 Å². The van der Waals surface area contributed by atoms with Crippen LogP contribution in [0.2, 0.25) is 0 Å². The van der Waals surface area contributed by atoms with Crippen LogP contribution in [0.4, 0.5) is 0 Å². The van der Waals surface area contributed by atoms with E-state index in [1.807, 2.05) is 20.9 Å². The van der Waals surface area contributed by atoms with Crippen LogP contribution in [-0.4, -0.2) is 124 Å². The number of phenolic OH excluding ortho intramolecular Hbond substituents is 1. The van der Waals surface area contributed by atoms with Crippen LogP contribution in [0.25, 0.3) is 0 Å². The van der Waals surface area contributed by atoms with Crippen molar-refractivity contribution in [3.8, 4) is 5.75 Å². The molecule has 10 atom stereocenters. The Morgan fingerprint density at radius 2 is 1.35 bits per heavy atom. The number of nitrogens with two attached hydrogens (primary N) is 1. The summed E-state index contributed by atoms with van der Waals surface area (Å²) in [5.74, 6) is -4.19. The quantitative estimate of drug-likeness (QED) is 0.0771. The fourth-order valence-corrected chi connectivity index (χ4v) is 8.29. The number of primary amides is 1. The second kappa shape index (κ2) is 19.5. The van der Waals surface area contributed by atoms with Gasteiger partial charge in [0.05, 0.1) is 47.7 Å². The van der Waals surface area contributed by atoms with Crippen molar-refractivity contribution < 1.29 is 33.9 Å². The van der Waals surface area contributed by atoms with E-state index in [2.05, 4.69) is 47.9 Å². The first-order chi connectivity index (χ1) is 26.3. The third-order valence-electron chi connectivity index (χ3n) is 11.8. The van der Waals surface area contributed by atoms with Gasteiger partial charge in [0.1, 0.15) is 5.75 Å². The number of carbonyl (C=O) groups is 6. The maximum atomic E-state index is 13.9. The smallest absolute Gasteiger partial charge is 0.226 e. The molecule has 0 aromatic heterocycles. The van der Waals surface area contributed by atoms with Crippen LogP contribution in [0.1, 0.15) is 45.1 Å². The summed E-state index contributed by atoms with van der Waals surface area (Å²) in [7, 11) is 1.85. The van der Waals surface area contributed by atoms with Gasteiger partial charge in [0.25, 0.3) is 0 Å². The van der Waals surface area contributed by atoms with Gasteiger partial charge >= 0.3 is 0 Å². The maximum absolute atomic E-state index is 13.9. The summed E-state index contributed by atoms with van der Waals surface area (Å²) in [5, 5.41) is 37.5. The Labute approximate surface area is 322 Å². The van der Waals surface area contributed by atoms with E-state index in [1.54, 1.807) is 24.3 Å². The summed E-state index contributed by atoms with van der Waals surface area (Å²) >= 11 is 0. The van der Waals surface area contributed by atoms with E-state index in [0.717, 1.165) is 24.8 Å². The van der Waals surface area contributed by atoms with Gasteiger partial charge in [-0.2, -0.15) is 0 Å². The summed E-state index contributed by atoms with van der Waals surface area (Å²) < 4.78 is 0. The molecule has 12 N–H and O–H groups in total. The Bertz CT molecular complexity index is 1530. The van der Waals surface area contributed by atoms with E-state index in [4.69, 9.17) is 5.73 Å². The summed E-state index contributed by atoms with van der Waals surface area (Å²) in [4.78, 5) is 79.1. The van der Waals surface area contributed by atoms with E-state index < -0.39 is 53.7 Å². The van der Waals surface area contributed by atoms with Crippen LogP contribution in [0.15, 0.2) is 24.3 Å². The van der Waals surface area contributed by atoms with Crippen molar-refractivity contribution in [3.05, 3.63) is 29.8 Å². The van der Waals surface area contributed by atoms with E-state index in [9.17, 15) is 33.9 Å². The van der Waals surface area contributed by atoms with Crippen molar-refractivity contribution in [3.63, 3.8) is 0 Å². The predicted octanol–water partition coefficient (Wildman–Crippen LogP) is -2.82. The monoisotopic (exact) mass is 768 g/mol. The molecule has 0 spiro atoms. The molecule has 17 heteroatoms. The minimum atomic E-state index is -0.630. The number of carbonyl (C=O) groups excluding carboxylic acids is 6. The molecule has 1 aliphatic carbocycles. The van der Waals surface area contributed by atoms with Crippen LogP contribution in [0.5, 0.6) is 5.75 Å².